The standard InChI is InChI=1S/C23H32N4O/c1-23(2,3)27-21(15-20(25-27)18-9-10-18)22(28)24-19-11-13-26(14-12-19)16-17-7-5-4-6-8-17/h4-8,15,18-19H,9-14,16H2,1-3H3,(H,24,28). The van der Waals surface area contributed by atoms with Crippen LogP contribution in [0, 0.1) is 0 Å². The molecule has 5 heteroatoms. The Hall–Kier alpha value is -2.14. The molecule has 2 heterocycles. The largest absolute Gasteiger partial charge is 0.348 e. The summed E-state index contributed by atoms with van der Waals surface area (Å²) in [6.45, 7) is 9.35. The van der Waals surface area contributed by atoms with Crippen molar-refractivity contribution in [2.75, 3.05) is 13.1 Å². The summed E-state index contributed by atoms with van der Waals surface area (Å²) in [4.78, 5) is 15.5. The van der Waals surface area contributed by atoms with Gasteiger partial charge >= 0.3 is 0 Å². The Bertz CT molecular complexity index is 809. The highest BCUT2D eigenvalue weighted by Gasteiger charge is 2.32. The van der Waals surface area contributed by atoms with Crippen LogP contribution in [0.1, 0.15) is 74.1 Å². The van der Waals surface area contributed by atoms with Gasteiger partial charge in [-0.3, -0.25) is 14.4 Å². The second-order valence-corrected chi connectivity index (χ2v) is 9.32. The van der Waals surface area contributed by atoms with Gasteiger partial charge < -0.3 is 5.32 Å². The number of hydrogen-bond donors (Lipinski definition) is 1. The molecule has 4 rings (SSSR count). The molecule has 1 aromatic heterocycles. The number of benzene rings is 1. The van der Waals surface area contributed by atoms with E-state index in [1.807, 2.05) is 10.7 Å². The van der Waals surface area contributed by atoms with Crippen molar-refractivity contribution in [1.29, 1.82) is 0 Å². The van der Waals surface area contributed by atoms with E-state index >= 15 is 0 Å². The zero-order chi connectivity index (χ0) is 19.7. The van der Waals surface area contributed by atoms with E-state index in [1.54, 1.807) is 0 Å². The van der Waals surface area contributed by atoms with Crippen molar-refractivity contribution in [2.24, 2.45) is 0 Å². The fraction of sp³-hybridized carbons (Fsp3) is 0.565. The van der Waals surface area contributed by atoms with Gasteiger partial charge in [0.2, 0.25) is 0 Å². The number of carbonyl (C=O) groups excluding carboxylic acids is 1. The average Bonchev–Trinajstić information content (AvgIpc) is 3.41. The van der Waals surface area contributed by atoms with Gasteiger partial charge in [-0.15, -0.1) is 0 Å². The van der Waals surface area contributed by atoms with Gasteiger partial charge in [0.15, 0.2) is 0 Å². The molecule has 0 radical (unpaired) electrons. The first-order chi connectivity index (χ1) is 13.4. The molecule has 0 bridgehead atoms. The van der Waals surface area contributed by atoms with Crippen LogP contribution in [-0.2, 0) is 12.1 Å². The Balaban J connectivity index is 1.36. The normalized spacial score (nSPS) is 19.0. The maximum Gasteiger partial charge on any atom is 0.269 e. The molecule has 0 atom stereocenters. The predicted octanol–water partition coefficient (Wildman–Crippen LogP) is 3.91. The molecule has 0 unspecified atom stereocenters. The zero-order valence-electron chi connectivity index (χ0n) is 17.3. The molecule has 1 saturated carbocycles. The molecule has 1 amide bonds. The fourth-order valence-corrected chi connectivity index (χ4v) is 3.99. The van der Waals surface area contributed by atoms with Crippen LogP contribution in [0.15, 0.2) is 36.4 Å². The molecule has 1 aliphatic heterocycles. The first-order valence-electron chi connectivity index (χ1n) is 10.6. The number of aromatic nitrogens is 2. The summed E-state index contributed by atoms with van der Waals surface area (Å²) >= 11 is 0. The number of likely N-dealkylation sites (tertiary alicyclic amines) is 1. The van der Waals surface area contributed by atoms with Gasteiger partial charge in [-0.05, 0) is 58.1 Å². The monoisotopic (exact) mass is 380 g/mol. The molecule has 0 spiro atoms. The van der Waals surface area contributed by atoms with Crippen LogP contribution in [0.3, 0.4) is 0 Å². The number of nitrogens with one attached hydrogen (secondary N) is 1. The number of nitrogens with zero attached hydrogens (tertiary/aromatic N) is 3. The SMILES string of the molecule is CC(C)(C)n1nc(C2CC2)cc1C(=O)NC1CCN(Cc2ccccc2)CC1. The van der Waals surface area contributed by atoms with Crippen LogP contribution < -0.4 is 5.32 Å². The molecule has 1 saturated heterocycles. The van der Waals surface area contributed by atoms with Gasteiger partial charge in [-0.2, -0.15) is 5.10 Å². The number of piperidine rings is 1. The van der Waals surface area contributed by atoms with Crippen LogP contribution in [0.25, 0.3) is 0 Å². The first kappa shape index (κ1) is 19.2. The third-order valence-electron chi connectivity index (χ3n) is 5.76. The van der Waals surface area contributed by atoms with E-state index in [9.17, 15) is 4.79 Å². The van der Waals surface area contributed by atoms with Gasteiger partial charge in [0, 0.05) is 31.6 Å². The van der Waals surface area contributed by atoms with Crippen LogP contribution in [-0.4, -0.2) is 39.7 Å². The second-order valence-electron chi connectivity index (χ2n) is 9.32. The lowest BCUT2D eigenvalue weighted by Gasteiger charge is -2.32. The highest BCUT2D eigenvalue weighted by molar-refractivity contribution is 5.93. The summed E-state index contributed by atoms with van der Waals surface area (Å²) in [5.74, 6) is 0.576. The Morgan fingerprint density at radius 2 is 1.79 bits per heavy atom. The van der Waals surface area contributed by atoms with E-state index in [-0.39, 0.29) is 17.5 Å². The lowest BCUT2D eigenvalue weighted by molar-refractivity contribution is 0.0890. The Kier molecular flexibility index (Phi) is 5.28. The number of hydrogen-bond acceptors (Lipinski definition) is 3. The van der Waals surface area contributed by atoms with Crippen LogP contribution >= 0.6 is 0 Å². The van der Waals surface area contributed by atoms with E-state index in [2.05, 4.69) is 61.3 Å². The molecule has 1 N–H and O–H groups in total. The lowest BCUT2D eigenvalue weighted by Crippen LogP contribution is -2.45. The van der Waals surface area contributed by atoms with E-state index in [0.29, 0.717) is 11.6 Å². The van der Waals surface area contributed by atoms with Gasteiger partial charge in [-0.25, -0.2) is 0 Å². The lowest BCUT2D eigenvalue weighted by atomic mass is 10.0. The van der Waals surface area contributed by atoms with Crippen molar-refractivity contribution in [3.05, 3.63) is 53.3 Å². The minimum Gasteiger partial charge on any atom is -0.348 e. The zero-order valence-corrected chi connectivity index (χ0v) is 17.3. The molecule has 1 aromatic carbocycles. The third-order valence-corrected chi connectivity index (χ3v) is 5.76. The van der Waals surface area contributed by atoms with Gasteiger partial charge in [0.1, 0.15) is 5.69 Å². The second kappa shape index (κ2) is 7.70. The fourth-order valence-electron chi connectivity index (χ4n) is 3.99. The highest BCUT2D eigenvalue weighted by Crippen LogP contribution is 2.40. The summed E-state index contributed by atoms with van der Waals surface area (Å²) in [7, 11) is 0. The van der Waals surface area contributed by atoms with Gasteiger partial charge in [-0.1, -0.05) is 30.3 Å². The molecular weight excluding hydrogens is 348 g/mol. The van der Waals surface area contributed by atoms with Crippen molar-refractivity contribution in [3.63, 3.8) is 0 Å². The highest BCUT2D eigenvalue weighted by atomic mass is 16.2. The summed E-state index contributed by atoms with van der Waals surface area (Å²) in [5, 5.41) is 8.04. The molecule has 2 aliphatic rings. The van der Waals surface area contributed by atoms with E-state index in [0.717, 1.165) is 38.2 Å². The molecule has 28 heavy (non-hydrogen) atoms. The van der Waals surface area contributed by atoms with Gasteiger partial charge in [0.05, 0.1) is 11.2 Å². The summed E-state index contributed by atoms with van der Waals surface area (Å²) in [5.41, 5.74) is 2.95. The van der Waals surface area contributed by atoms with Gasteiger partial charge in [0.25, 0.3) is 5.91 Å². The van der Waals surface area contributed by atoms with Crippen molar-refractivity contribution in [2.45, 2.75) is 70.5 Å². The van der Waals surface area contributed by atoms with Crippen molar-refractivity contribution in [3.8, 4) is 0 Å². The Morgan fingerprint density at radius 1 is 1.11 bits per heavy atom. The molecular formula is C23H32N4O. The van der Waals surface area contributed by atoms with Crippen molar-refractivity contribution in [1.82, 2.24) is 20.0 Å². The Labute approximate surface area is 168 Å². The molecule has 1 aliphatic carbocycles. The number of rotatable bonds is 5. The minimum atomic E-state index is -0.196. The summed E-state index contributed by atoms with van der Waals surface area (Å²) in [6.07, 6.45) is 4.39. The van der Waals surface area contributed by atoms with E-state index < -0.39 is 0 Å². The minimum absolute atomic E-state index is 0.0239. The van der Waals surface area contributed by atoms with Crippen LogP contribution in [0.5, 0.6) is 0 Å². The summed E-state index contributed by atoms with van der Waals surface area (Å²) in [6, 6.07) is 12.9. The quantitative estimate of drug-likeness (QED) is 0.856. The molecule has 150 valence electrons. The maximum atomic E-state index is 13.0. The Morgan fingerprint density at radius 3 is 2.39 bits per heavy atom. The third kappa shape index (κ3) is 4.46. The van der Waals surface area contributed by atoms with Crippen LogP contribution in [0.2, 0.25) is 0 Å². The number of amides is 1. The average molecular weight is 381 g/mol. The van der Waals surface area contributed by atoms with Crippen molar-refractivity contribution >= 4 is 5.91 Å². The smallest absolute Gasteiger partial charge is 0.269 e. The van der Waals surface area contributed by atoms with E-state index in [4.69, 9.17) is 5.10 Å². The molecule has 5 nitrogen and oxygen atoms in total. The summed E-state index contributed by atoms with van der Waals surface area (Å²) < 4.78 is 1.92. The number of carbonyl (C=O) groups is 1. The molecule has 2 aromatic rings. The van der Waals surface area contributed by atoms with Crippen LogP contribution in [0.4, 0.5) is 0 Å². The predicted molar refractivity (Wildman–Crippen MR) is 111 cm³/mol. The van der Waals surface area contributed by atoms with E-state index in [1.165, 1.54) is 18.4 Å². The topological polar surface area (TPSA) is 50.2 Å². The first-order valence-corrected chi connectivity index (χ1v) is 10.6. The maximum absolute atomic E-state index is 13.0. The molecule has 2 fully saturated rings. The van der Waals surface area contributed by atoms with Crippen molar-refractivity contribution < 1.29 is 4.79 Å².